The number of aliphatic imine (C=N–C) groups is 2. The number of nitrogens with one attached hydrogen (secondary N) is 1. The lowest BCUT2D eigenvalue weighted by Gasteiger charge is -2.26. The van der Waals surface area contributed by atoms with E-state index in [1.54, 1.807) is 14.2 Å². The van der Waals surface area contributed by atoms with Crippen LogP contribution in [0.1, 0.15) is 0 Å². The predicted molar refractivity (Wildman–Crippen MR) is 118 cm³/mol. The Balaban J connectivity index is 1.52. The summed E-state index contributed by atoms with van der Waals surface area (Å²) < 4.78 is 16.6. The zero-order valence-electron chi connectivity index (χ0n) is 16.0. The summed E-state index contributed by atoms with van der Waals surface area (Å²) in [7, 11) is 3.19. The van der Waals surface area contributed by atoms with Crippen molar-refractivity contribution in [2.24, 2.45) is 15.9 Å². The zero-order chi connectivity index (χ0) is 20.2. The Morgan fingerprint density at radius 2 is 1.55 bits per heavy atom. The van der Waals surface area contributed by atoms with E-state index in [1.807, 2.05) is 66.7 Å². The molecule has 1 heterocycles. The standard InChI is InChI=1S/C22H19N3O3S/c1-26-19-12-17-18(13-20(19)27-2)24-22(29)25-21(17)23-14-8-10-16(11-9-14)28-15-6-4-3-5-7-15/h3-13,17H,1-2H3,(H,23,25,29). The highest BCUT2D eigenvalue weighted by molar-refractivity contribution is 7.80. The Bertz CT molecular complexity index is 1040. The molecule has 0 fully saturated rings. The molecular weight excluding hydrogens is 386 g/mol. The van der Waals surface area contributed by atoms with Crippen molar-refractivity contribution in [3.8, 4) is 11.5 Å². The maximum Gasteiger partial charge on any atom is 0.221 e. The van der Waals surface area contributed by atoms with Gasteiger partial charge in [0.2, 0.25) is 5.11 Å². The minimum absolute atomic E-state index is 0.198. The van der Waals surface area contributed by atoms with Gasteiger partial charge in [0.25, 0.3) is 0 Å². The number of fused-ring (bicyclic) bond motifs is 1. The van der Waals surface area contributed by atoms with Gasteiger partial charge in [-0.15, -0.1) is 0 Å². The zero-order valence-corrected chi connectivity index (χ0v) is 16.8. The number of hydrogen-bond acceptors (Lipinski definition) is 5. The van der Waals surface area contributed by atoms with Crippen LogP contribution >= 0.6 is 12.2 Å². The number of benzene rings is 2. The molecule has 4 rings (SSSR count). The first-order valence-corrected chi connectivity index (χ1v) is 9.40. The van der Waals surface area contributed by atoms with Gasteiger partial charge in [0.1, 0.15) is 17.3 Å². The number of hydrogen-bond donors (Lipinski definition) is 1. The topological polar surface area (TPSA) is 64.4 Å². The third-order valence-corrected chi connectivity index (χ3v) is 4.62. The number of anilines is 1. The van der Waals surface area contributed by atoms with E-state index in [-0.39, 0.29) is 11.0 Å². The normalized spacial score (nSPS) is 17.9. The van der Waals surface area contributed by atoms with Crippen LogP contribution in [0.15, 0.2) is 88.3 Å². The maximum absolute atomic E-state index is 5.83. The monoisotopic (exact) mass is 405 g/mol. The Hall–Kier alpha value is -3.45. The van der Waals surface area contributed by atoms with Gasteiger partial charge in [-0.05, 0) is 54.7 Å². The minimum Gasteiger partial charge on any atom is -0.493 e. The lowest BCUT2D eigenvalue weighted by Crippen LogP contribution is -2.34. The number of para-hydroxylation sites is 1. The largest absolute Gasteiger partial charge is 0.493 e. The second kappa shape index (κ2) is 8.28. The smallest absolute Gasteiger partial charge is 0.221 e. The van der Waals surface area contributed by atoms with Gasteiger partial charge in [-0.25, -0.2) is 9.98 Å². The van der Waals surface area contributed by atoms with Gasteiger partial charge in [0.15, 0.2) is 11.5 Å². The maximum atomic E-state index is 5.83. The number of ether oxygens (including phenoxy) is 3. The fraction of sp³-hybridized carbons (Fsp3) is 0.136. The van der Waals surface area contributed by atoms with Gasteiger partial charge in [-0.2, -0.15) is 0 Å². The molecule has 2 aromatic carbocycles. The Morgan fingerprint density at radius 1 is 0.862 bits per heavy atom. The Morgan fingerprint density at radius 3 is 2.24 bits per heavy atom. The van der Waals surface area contributed by atoms with E-state index in [2.05, 4.69) is 15.3 Å². The molecule has 0 amide bonds. The van der Waals surface area contributed by atoms with Crippen LogP contribution in [0.25, 0.3) is 0 Å². The molecule has 2 aliphatic rings. The van der Waals surface area contributed by atoms with Gasteiger partial charge >= 0.3 is 0 Å². The molecule has 1 unspecified atom stereocenters. The number of amidine groups is 1. The van der Waals surface area contributed by atoms with E-state index in [4.69, 9.17) is 26.4 Å². The number of nitrogens with zero attached hydrogens (tertiary/aromatic N) is 2. The summed E-state index contributed by atoms with van der Waals surface area (Å²) in [5.41, 5.74) is 1.62. The average Bonchev–Trinajstić information content (AvgIpc) is 2.75. The minimum atomic E-state index is -0.198. The number of rotatable bonds is 5. The van der Waals surface area contributed by atoms with Gasteiger partial charge in [-0.3, -0.25) is 0 Å². The van der Waals surface area contributed by atoms with Crippen LogP contribution < -0.4 is 10.1 Å². The van der Waals surface area contributed by atoms with Crippen molar-refractivity contribution in [1.29, 1.82) is 0 Å². The molecule has 7 heteroatoms. The molecular formula is C22H19N3O3S. The second-order valence-corrected chi connectivity index (χ2v) is 6.67. The van der Waals surface area contributed by atoms with Crippen molar-refractivity contribution in [3.05, 3.63) is 78.3 Å². The van der Waals surface area contributed by atoms with Crippen LogP contribution in [0, 0.1) is 5.92 Å². The van der Waals surface area contributed by atoms with Crippen LogP contribution in [0.4, 0.5) is 5.69 Å². The molecule has 1 aliphatic heterocycles. The van der Waals surface area contributed by atoms with E-state index in [0.717, 1.165) is 22.9 Å². The SMILES string of the molecule is COC1=CC2=NC(=S)N=C(Nc3ccc(Oc4ccccc4)cc3)C2C=C1OC. The van der Waals surface area contributed by atoms with Crippen molar-refractivity contribution in [1.82, 2.24) is 0 Å². The van der Waals surface area contributed by atoms with E-state index >= 15 is 0 Å². The first-order valence-electron chi connectivity index (χ1n) is 8.99. The van der Waals surface area contributed by atoms with Crippen LogP contribution in [0.5, 0.6) is 11.5 Å². The van der Waals surface area contributed by atoms with Crippen LogP contribution in [0.2, 0.25) is 0 Å². The fourth-order valence-electron chi connectivity index (χ4n) is 3.06. The van der Waals surface area contributed by atoms with Crippen molar-refractivity contribution < 1.29 is 14.2 Å². The summed E-state index contributed by atoms with van der Waals surface area (Å²) in [6.07, 6.45) is 3.74. The summed E-state index contributed by atoms with van der Waals surface area (Å²) >= 11 is 5.24. The third-order valence-electron chi connectivity index (χ3n) is 4.44. The lowest BCUT2D eigenvalue weighted by molar-refractivity contribution is 0.218. The van der Waals surface area contributed by atoms with E-state index in [0.29, 0.717) is 17.4 Å². The first-order chi connectivity index (χ1) is 14.2. The number of allylic oxidation sites excluding steroid dienone is 1. The molecule has 0 aromatic heterocycles. The molecule has 0 bridgehead atoms. The Kier molecular flexibility index (Phi) is 5.39. The van der Waals surface area contributed by atoms with Gasteiger partial charge in [-0.1, -0.05) is 18.2 Å². The molecule has 1 atom stereocenters. The summed E-state index contributed by atoms with van der Waals surface area (Å²) in [5, 5.41) is 3.60. The lowest BCUT2D eigenvalue weighted by atomic mass is 9.94. The van der Waals surface area contributed by atoms with Crippen LogP contribution in [-0.4, -0.2) is 30.9 Å². The van der Waals surface area contributed by atoms with Crippen LogP contribution in [0.3, 0.4) is 0 Å². The summed E-state index contributed by atoms with van der Waals surface area (Å²) in [4.78, 5) is 8.79. The molecule has 146 valence electrons. The third kappa shape index (κ3) is 4.20. The summed E-state index contributed by atoms with van der Waals surface area (Å²) in [6.45, 7) is 0. The highest BCUT2D eigenvalue weighted by Crippen LogP contribution is 2.28. The van der Waals surface area contributed by atoms with Crippen molar-refractivity contribution in [2.75, 3.05) is 19.5 Å². The quantitative estimate of drug-likeness (QED) is 0.730. The molecule has 0 saturated carbocycles. The molecule has 2 aromatic rings. The second-order valence-electron chi connectivity index (χ2n) is 6.31. The summed E-state index contributed by atoms with van der Waals surface area (Å²) in [5.74, 6) is 3.25. The Labute approximate surface area is 174 Å². The van der Waals surface area contributed by atoms with E-state index < -0.39 is 0 Å². The molecule has 6 nitrogen and oxygen atoms in total. The number of thiocarbonyl (C=S) groups is 1. The van der Waals surface area contributed by atoms with E-state index in [9.17, 15) is 0 Å². The molecule has 1 aliphatic carbocycles. The first kappa shape index (κ1) is 18.9. The molecule has 0 saturated heterocycles. The van der Waals surface area contributed by atoms with Gasteiger partial charge in [0, 0.05) is 11.8 Å². The van der Waals surface area contributed by atoms with E-state index in [1.165, 1.54) is 0 Å². The number of methoxy groups -OCH3 is 2. The van der Waals surface area contributed by atoms with Crippen molar-refractivity contribution >= 4 is 34.6 Å². The summed E-state index contributed by atoms with van der Waals surface area (Å²) in [6, 6.07) is 17.3. The van der Waals surface area contributed by atoms with Gasteiger partial charge < -0.3 is 19.5 Å². The predicted octanol–water partition coefficient (Wildman–Crippen LogP) is 4.72. The van der Waals surface area contributed by atoms with Gasteiger partial charge in [0.05, 0.1) is 25.8 Å². The van der Waals surface area contributed by atoms with Crippen molar-refractivity contribution in [2.45, 2.75) is 0 Å². The molecule has 29 heavy (non-hydrogen) atoms. The average molecular weight is 405 g/mol. The highest BCUT2D eigenvalue weighted by atomic mass is 32.1. The highest BCUT2D eigenvalue weighted by Gasteiger charge is 2.30. The molecule has 0 spiro atoms. The molecule has 1 N–H and O–H groups in total. The van der Waals surface area contributed by atoms with Crippen LogP contribution in [-0.2, 0) is 9.47 Å². The fourth-order valence-corrected chi connectivity index (χ4v) is 3.26. The van der Waals surface area contributed by atoms with Crippen molar-refractivity contribution in [3.63, 3.8) is 0 Å². The molecule has 0 radical (unpaired) electrons.